The molecule has 0 saturated heterocycles. The maximum Gasteiger partial charge on any atom is 0.0897 e. The first-order valence-corrected chi connectivity index (χ1v) is 7.78. The molecule has 0 aromatic carbocycles. The summed E-state index contributed by atoms with van der Waals surface area (Å²) < 4.78 is 0. The van der Waals surface area contributed by atoms with Gasteiger partial charge in [0.1, 0.15) is 0 Å². The summed E-state index contributed by atoms with van der Waals surface area (Å²) in [7, 11) is 0. The van der Waals surface area contributed by atoms with Crippen molar-refractivity contribution in [2.75, 3.05) is 0 Å². The minimum absolute atomic E-state index is 0.305. The summed E-state index contributed by atoms with van der Waals surface area (Å²) in [5.41, 5.74) is 7.45. The summed E-state index contributed by atoms with van der Waals surface area (Å²) >= 11 is 1.73. The van der Waals surface area contributed by atoms with Crippen LogP contribution in [0.25, 0.3) is 0 Å². The summed E-state index contributed by atoms with van der Waals surface area (Å²) in [5, 5.41) is 3.31. The number of hydrogen-bond acceptors (Lipinski definition) is 3. The van der Waals surface area contributed by atoms with Crippen molar-refractivity contribution < 1.29 is 0 Å². The maximum atomic E-state index is 6.26. The lowest BCUT2D eigenvalue weighted by Gasteiger charge is -2.18. The molecule has 0 spiro atoms. The van der Waals surface area contributed by atoms with E-state index in [0.29, 0.717) is 6.04 Å². The highest BCUT2D eigenvalue weighted by molar-refractivity contribution is 7.09. The van der Waals surface area contributed by atoms with Crippen LogP contribution < -0.4 is 5.73 Å². The predicted molar refractivity (Wildman–Crippen MR) is 74.3 cm³/mol. The summed E-state index contributed by atoms with van der Waals surface area (Å²) in [5.74, 6) is 0.868. The quantitative estimate of drug-likeness (QED) is 0.830. The van der Waals surface area contributed by atoms with Crippen LogP contribution in [0.1, 0.15) is 55.6 Å². The summed E-state index contributed by atoms with van der Waals surface area (Å²) in [6.07, 6.45) is 10.6. The van der Waals surface area contributed by atoms with Gasteiger partial charge in [0.15, 0.2) is 0 Å². The first-order chi connectivity index (χ1) is 8.24. The first-order valence-electron chi connectivity index (χ1n) is 6.90. The Labute approximate surface area is 109 Å². The normalized spacial score (nSPS) is 20.1. The van der Waals surface area contributed by atoms with E-state index in [1.807, 2.05) is 0 Å². The van der Waals surface area contributed by atoms with Gasteiger partial charge in [-0.1, -0.05) is 38.5 Å². The lowest BCUT2D eigenvalue weighted by Crippen LogP contribution is -2.26. The maximum absolute atomic E-state index is 6.26. The molecule has 1 aromatic rings. The lowest BCUT2D eigenvalue weighted by atomic mass is 9.91. The third-order valence-electron chi connectivity index (χ3n) is 3.75. The highest BCUT2D eigenvalue weighted by Crippen LogP contribution is 2.26. The van der Waals surface area contributed by atoms with E-state index in [0.717, 1.165) is 17.3 Å². The van der Waals surface area contributed by atoms with Gasteiger partial charge in [-0.25, -0.2) is 4.98 Å². The molecule has 0 aliphatic heterocycles. The van der Waals surface area contributed by atoms with E-state index >= 15 is 0 Å². The third-order valence-corrected chi connectivity index (χ3v) is 4.57. The van der Waals surface area contributed by atoms with Gasteiger partial charge in [0.05, 0.1) is 10.7 Å². The van der Waals surface area contributed by atoms with Gasteiger partial charge in [0.2, 0.25) is 0 Å². The molecule has 1 aromatic heterocycles. The van der Waals surface area contributed by atoms with Crippen LogP contribution in [0.15, 0.2) is 5.38 Å². The second kappa shape index (κ2) is 6.50. The van der Waals surface area contributed by atoms with Crippen molar-refractivity contribution in [3.8, 4) is 0 Å². The predicted octanol–water partition coefficient (Wildman–Crippen LogP) is 3.68. The Bertz CT molecular complexity index is 327. The number of nitrogens with zero attached hydrogens (tertiary/aromatic N) is 1. The molecule has 0 amide bonds. The van der Waals surface area contributed by atoms with Gasteiger partial charge >= 0.3 is 0 Å². The van der Waals surface area contributed by atoms with Crippen molar-refractivity contribution in [3.05, 3.63) is 16.1 Å². The molecular weight excluding hydrogens is 228 g/mol. The fourth-order valence-electron chi connectivity index (χ4n) is 2.88. The minimum Gasteiger partial charge on any atom is -0.327 e. The molecule has 0 bridgehead atoms. The fraction of sp³-hybridized carbons (Fsp3) is 0.786. The molecule has 1 saturated carbocycles. The average Bonchev–Trinajstić information content (AvgIpc) is 2.53. The van der Waals surface area contributed by atoms with Crippen molar-refractivity contribution in [1.29, 1.82) is 0 Å². The fourth-order valence-corrected chi connectivity index (χ4v) is 3.51. The zero-order chi connectivity index (χ0) is 12.1. The Morgan fingerprint density at radius 1 is 1.35 bits per heavy atom. The van der Waals surface area contributed by atoms with Crippen LogP contribution in [-0.2, 0) is 6.42 Å². The zero-order valence-electron chi connectivity index (χ0n) is 10.8. The molecule has 3 heteroatoms. The van der Waals surface area contributed by atoms with Gasteiger partial charge in [0, 0.05) is 17.8 Å². The zero-order valence-corrected chi connectivity index (χ0v) is 11.6. The van der Waals surface area contributed by atoms with Crippen LogP contribution >= 0.6 is 11.3 Å². The second-order valence-corrected chi connectivity index (χ2v) is 6.48. The molecule has 1 aliphatic rings. The standard InChI is InChI=1S/C14H24N2S/c1-11-16-14(10-17-11)9-13(15)8-12-6-4-2-3-5-7-12/h10,12-13H,2-9,15H2,1H3. The molecule has 1 atom stereocenters. The molecule has 96 valence electrons. The van der Waals surface area contributed by atoms with Crippen LogP contribution in [0.5, 0.6) is 0 Å². The molecule has 1 aliphatic carbocycles. The SMILES string of the molecule is Cc1nc(CC(N)CC2CCCCCC2)cs1. The highest BCUT2D eigenvalue weighted by Gasteiger charge is 2.16. The van der Waals surface area contributed by atoms with Crippen molar-refractivity contribution in [2.24, 2.45) is 11.7 Å². The van der Waals surface area contributed by atoms with Crippen LogP contribution in [0.4, 0.5) is 0 Å². The van der Waals surface area contributed by atoms with Crippen molar-refractivity contribution in [2.45, 2.75) is 64.3 Å². The van der Waals surface area contributed by atoms with Crippen molar-refractivity contribution in [3.63, 3.8) is 0 Å². The van der Waals surface area contributed by atoms with E-state index in [9.17, 15) is 0 Å². The number of thiazole rings is 1. The third kappa shape index (κ3) is 4.40. The van der Waals surface area contributed by atoms with E-state index in [1.165, 1.54) is 50.6 Å². The second-order valence-electron chi connectivity index (χ2n) is 5.42. The number of aromatic nitrogens is 1. The van der Waals surface area contributed by atoms with E-state index in [2.05, 4.69) is 17.3 Å². The van der Waals surface area contributed by atoms with Gasteiger partial charge < -0.3 is 5.73 Å². The monoisotopic (exact) mass is 252 g/mol. The highest BCUT2D eigenvalue weighted by atomic mass is 32.1. The largest absolute Gasteiger partial charge is 0.327 e. The Balaban J connectivity index is 1.77. The molecule has 17 heavy (non-hydrogen) atoms. The van der Waals surface area contributed by atoms with Gasteiger partial charge in [0.25, 0.3) is 0 Å². The summed E-state index contributed by atoms with van der Waals surface area (Å²) in [4.78, 5) is 4.50. The topological polar surface area (TPSA) is 38.9 Å². The Morgan fingerprint density at radius 3 is 2.65 bits per heavy atom. The Kier molecular flexibility index (Phi) is 4.99. The van der Waals surface area contributed by atoms with Crippen LogP contribution in [-0.4, -0.2) is 11.0 Å². The van der Waals surface area contributed by atoms with E-state index in [-0.39, 0.29) is 0 Å². The van der Waals surface area contributed by atoms with E-state index in [4.69, 9.17) is 5.73 Å². The number of rotatable bonds is 4. The van der Waals surface area contributed by atoms with Gasteiger partial charge in [-0.05, 0) is 19.3 Å². The van der Waals surface area contributed by atoms with Gasteiger partial charge in [-0.2, -0.15) is 0 Å². The smallest absolute Gasteiger partial charge is 0.0897 e. The molecular formula is C14H24N2S. The Morgan fingerprint density at radius 2 is 2.06 bits per heavy atom. The van der Waals surface area contributed by atoms with Crippen LogP contribution in [0, 0.1) is 12.8 Å². The number of hydrogen-bond donors (Lipinski definition) is 1. The van der Waals surface area contributed by atoms with E-state index in [1.54, 1.807) is 11.3 Å². The summed E-state index contributed by atoms with van der Waals surface area (Å²) in [6.45, 7) is 2.06. The molecule has 2 nitrogen and oxygen atoms in total. The van der Waals surface area contributed by atoms with Gasteiger partial charge in [-0.15, -0.1) is 11.3 Å². The summed E-state index contributed by atoms with van der Waals surface area (Å²) in [6, 6.07) is 0.305. The molecule has 2 rings (SSSR count). The van der Waals surface area contributed by atoms with Crippen molar-refractivity contribution >= 4 is 11.3 Å². The van der Waals surface area contributed by atoms with Crippen molar-refractivity contribution in [1.82, 2.24) is 4.98 Å². The average molecular weight is 252 g/mol. The van der Waals surface area contributed by atoms with Gasteiger partial charge in [-0.3, -0.25) is 0 Å². The Hall–Kier alpha value is -0.410. The first kappa shape index (κ1) is 13.0. The van der Waals surface area contributed by atoms with Crippen LogP contribution in [0.3, 0.4) is 0 Å². The molecule has 1 fully saturated rings. The lowest BCUT2D eigenvalue weighted by molar-refractivity contribution is 0.386. The molecule has 1 unspecified atom stereocenters. The number of aryl methyl sites for hydroxylation is 1. The minimum atomic E-state index is 0.305. The number of nitrogens with two attached hydrogens (primary N) is 1. The van der Waals surface area contributed by atoms with Crippen LogP contribution in [0.2, 0.25) is 0 Å². The molecule has 2 N–H and O–H groups in total. The molecule has 1 heterocycles. The van der Waals surface area contributed by atoms with E-state index < -0.39 is 0 Å². The molecule has 0 radical (unpaired) electrons.